The Morgan fingerprint density at radius 3 is 1.19 bits per heavy atom. The molecule has 2 saturated carbocycles. The summed E-state index contributed by atoms with van der Waals surface area (Å²) in [6.07, 6.45) is 9.66. The molecular weight excluding hydrogens is 412 g/mol. The first-order valence-corrected chi connectivity index (χ1v) is 12.4. The Bertz CT molecular complexity index is 857. The minimum absolute atomic E-state index is 0.0106. The van der Waals surface area contributed by atoms with Crippen LogP contribution in [0.15, 0.2) is 24.3 Å². The van der Waals surface area contributed by atoms with Gasteiger partial charge in [0.25, 0.3) is 0 Å². The van der Waals surface area contributed by atoms with E-state index in [1.165, 1.54) is 12.1 Å². The molecule has 0 saturated heterocycles. The maximum absolute atomic E-state index is 15.0. The van der Waals surface area contributed by atoms with Gasteiger partial charge < -0.3 is 0 Å². The summed E-state index contributed by atoms with van der Waals surface area (Å²) in [5.41, 5.74) is 0.328. The lowest BCUT2D eigenvalue weighted by Gasteiger charge is -2.29. The van der Waals surface area contributed by atoms with Crippen LogP contribution >= 0.6 is 0 Å². The molecule has 32 heavy (non-hydrogen) atoms. The molecular formula is C28H34F4. The smallest absolute Gasteiger partial charge is 0.167 e. The van der Waals surface area contributed by atoms with Crippen LogP contribution in [0.1, 0.15) is 101 Å². The molecule has 0 heterocycles. The van der Waals surface area contributed by atoms with E-state index < -0.39 is 23.3 Å². The molecule has 0 aromatic heterocycles. The zero-order chi connectivity index (χ0) is 22.8. The van der Waals surface area contributed by atoms with Gasteiger partial charge in [-0.05, 0) is 86.2 Å². The summed E-state index contributed by atoms with van der Waals surface area (Å²) >= 11 is 0. The molecule has 0 atom stereocenters. The third-order valence-electron chi connectivity index (χ3n) is 8.24. The second-order valence-corrected chi connectivity index (χ2v) is 9.91. The predicted molar refractivity (Wildman–Crippen MR) is 122 cm³/mol. The highest BCUT2D eigenvalue weighted by atomic mass is 19.2. The van der Waals surface area contributed by atoms with Gasteiger partial charge in [-0.15, -0.1) is 0 Å². The molecule has 4 heteroatoms. The van der Waals surface area contributed by atoms with E-state index in [-0.39, 0.29) is 23.0 Å². The van der Waals surface area contributed by atoms with Crippen LogP contribution in [0.2, 0.25) is 0 Å². The zero-order valence-corrected chi connectivity index (χ0v) is 19.2. The molecule has 0 bridgehead atoms. The van der Waals surface area contributed by atoms with Crippen LogP contribution < -0.4 is 0 Å². The Hall–Kier alpha value is -1.84. The molecule has 174 valence electrons. The van der Waals surface area contributed by atoms with Gasteiger partial charge in [0.1, 0.15) is 0 Å². The van der Waals surface area contributed by atoms with Crippen molar-refractivity contribution in [3.05, 3.63) is 58.7 Å². The molecule has 2 aliphatic carbocycles. The van der Waals surface area contributed by atoms with Crippen molar-refractivity contribution in [3.8, 4) is 11.1 Å². The van der Waals surface area contributed by atoms with Crippen molar-refractivity contribution in [3.63, 3.8) is 0 Å². The molecule has 0 N–H and O–H groups in total. The fourth-order valence-electron chi connectivity index (χ4n) is 5.94. The first kappa shape index (κ1) is 23.3. The van der Waals surface area contributed by atoms with Crippen LogP contribution in [0.25, 0.3) is 11.1 Å². The van der Waals surface area contributed by atoms with Crippen molar-refractivity contribution in [2.45, 2.75) is 89.9 Å². The predicted octanol–water partition coefficient (Wildman–Crippen LogP) is 9.28. The van der Waals surface area contributed by atoms with Gasteiger partial charge in [-0.2, -0.15) is 0 Å². The van der Waals surface area contributed by atoms with Crippen molar-refractivity contribution in [1.82, 2.24) is 0 Å². The number of rotatable bonds is 5. The summed E-state index contributed by atoms with van der Waals surface area (Å²) in [6.45, 7) is 4.32. The summed E-state index contributed by atoms with van der Waals surface area (Å²) < 4.78 is 60.0. The third kappa shape index (κ3) is 4.47. The van der Waals surface area contributed by atoms with Crippen molar-refractivity contribution in [2.75, 3.05) is 0 Å². The fraction of sp³-hybridized carbons (Fsp3) is 0.571. The monoisotopic (exact) mass is 446 g/mol. The Morgan fingerprint density at radius 2 is 0.875 bits per heavy atom. The minimum atomic E-state index is -1.07. The highest BCUT2D eigenvalue weighted by Gasteiger charge is 2.29. The van der Waals surface area contributed by atoms with Gasteiger partial charge in [-0.3, -0.25) is 0 Å². The minimum Gasteiger partial charge on any atom is -0.203 e. The second-order valence-electron chi connectivity index (χ2n) is 9.91. The number of hydrogen-bond donors (Lipinski definition) is 0. The zero-order valence-electron chi connectivity index (χ0n) is 19.2. The van der Waals surface area contributed by atoms with E-state index in [1.54, 1.807) is 12.1 Å². The highest BCUT2D eigenvalue weighted by molar-refractivity contribution is 5.66. The lowest BCUT2D eigenvalue weighted by atomic mass is 9.77. The topological polar surface area (TPSA) is 0 Å². The van der Waals surface area contributed by atoms with Gasteiger partial charge in [-0.25, -0.2) is 17.6 Å². The van der Waals surface area contributed by atoms with Gasteiger partial charge in [0.05, 0.1) is 0 Å². The average Bonchev–Trinajstić information content (AvgIpc) is 2.83. The molecule has 2 aliphatic rings. The van der Waals surface area contributed by atoms with E-state index >= 15 is 8.78 Å². The Labute approximate surface area is 189 Å². The van der Waals surface area contributed by atoms with E-state index in [0.29, 0.717) is 23.0 Å². The van der Waals surface area contributed by atoms with Gasteiger partial charge in [0.2, 0.25) is 0 Å². The standard InChI is InChI=1S/C28H34F4/c1-3-17-5-9-19(10-6-17)21-13-15-23(27(31)25(21)29)24-16-14-22(26(30)28(24)32)20-11-7-18(4-2)8-12-20/h13-20H,3-12H2,1-2H3. The SMILES string of the molecule is CCC1CCC(c2ccc(-c3ccc(C4CCC(CC)CC4)c(F)c3F)c(F)c2F)CC1. The van der Waals surface area contributed by atoms with E-state index in [9.17, 15) is 8.78 Å². The summed E-state index contributed by atoms with van der Waals surface area (Å²) in [6, 6.07) is 5.98. The van der Waals surface area contributed by atoms with Crippen LogP contribution in [-0.2, 0) is 0 Å². The maximum Gasteiger partial charge on any atom is 0.167 e. The maximum atomic E-state index is 15.0. The summed E-state index contributed by atoms with van der Waals surface area (Å²) in [4.78, 5) is 0. The van der Waals surface area contributed by atoms with Crippen molar-refractivity contribution in [1.29, 1.82) is 0 Å². The van der Waals surface area contributed by atoms with Gasteiger partial charge >= 0.3 is 0 Å². The lowest BCUT2D eigenvalue weighted by Crippen LogP contribution is -2.15. The molecule has 0 aliphatic heterocycles. The molecule has 2 aromatic carbocycles. The molecule has 2 fully saturated rings. The summed E-state index contributed by atoms with van der Waals surface area (Å²) in [7, 11) is 0. The number of benzene rings is 2. The molecule has 0 radical (unpaired) electrons. The van der Waals surface area contributed by atoms with E-state index in [0.717, 1.165) is 64.2 Å². The Morgan fingerprint density at radius 1 is 0.531 bits per heavy atom. The van der Waals surface area contributed by atoms with Crippen molar-refractivity contribution < 1.29 is 17.6 Å². The fourth-order valence-corrected chi connectivity index (χ4v) is 5.94. The Kier molecular flexibility index (Phi) is 7.27. The van der Waals surface area contributed by atoms with Crippen molar-refractivity contribution >= 4 is 0 Å². The first-order chi connectivity index (χ1) is 15.4. The molecule has 2 aromatic rings. The largest absolute Gasteiger partial charge is 0.203 e. The highest BCUT2D eigenvalue weighted by Crippen LogP contribution is 2.42. The van der Waals surface area contributed by atoms with E-state index in [2.05, 4.69) is 13.8 Å². The van der Waals surface area contributed by atoms with Gasteiger partial charge in [-0.1, -0.05) is 51.0 Å². The molecule has 4 rings (SSSR count). The normalized spacial score (nSPS) is 26.3. The van der Waals surface area contributed by atoms with Crippen LogP contribution in [-0.4, -0.2) is 0 Å². The second kappa shape index (κ2) is 9.97. The third-order valence-corrected chi connectivity index (χ3v) is 8.24. The van der Waals surface area contributed by atoms with E-state index in [4.69, 9.17) is 0 Å². The Balaban J connectivity index is 1.59. The lowest BCUT2D eigenvalue weighted by molar-refractivity contribution is 0.312. The van der Waals surface area contributed by atoms with Crippen LogP contribution in [0.5, 0.6) is 0 Å². The van der Waals surface area contributed by atoms with Gasteiger partial charge in [0.15, 0.2) is 23.3 Å². The first-order valence-electron chi connectivity index (χ1n) is 12.4. The van der Waals surface area contributed by atoms with Gasteiger partial charge in [0, 0.05) is 11.1 Å². The molecule has 0 nitrogen and oxygen atoms in total. The van der Waals surface area contributed by atoms with E-state index in [1.807, 2.05) is 0 Å². The molecule has 0 spiro atoms. The molecule has 0 unspecified atom stereocenters. The van der Waals surface area contributed by atoms with Crippen molar-refractivity contribution in [2.24, 2.45) is 11.8 Å². The van der Waals surface area contributed by atoms with Crippen LogP contribution in [0.3, 0.4) is 0 Å². The number of halogens is 4. The average molecular weight is 447 g/mol. The van der Waals surface area contributed by atoms with Crippen LogP contribution in [0.4, 0.5) is 17.6 Å². The quantitative estimate of drug-likeness (QED) is 0.401. The number of hydrogen-bond acceptors (Lipinski definition) is 0. The molecule has 0 amide bonds. The summed E-state index contributed by atoms with van der Waals surface area (Å²) in [5.74, 6) is -2.68. The van der Waals surface area contributed by atoms with Crippen LogP contribution in [0, 0.1) is 35.1 Å². The summed E-state index contributed by atoms with van der Waals surface area (Å²) in [5, 5.41) is 0.